The van der Waals surface area contributed by atoms with Gasteiger partial charge in [0.15, 0.2) is 5.56 Å². The SMILES string of the molecule is CCC(Cl)OC(=O)OC1CCCCCC1. The highest BCUT2D eigenvalue weighted by molar-refractivity contribution is 6.20. The van der Waals surface area contributed by atoms with Crippen LogP contribution in [0, 0.1) is 0 Å². The lowest BCUT2D eigenvalue weighted by molar-refractivity contribution is 0.0109. The molecule has 0 aromatic rings. The Morgan fingerprint density at radius 2 is 1.93 bits per heavy atom. The Hall–Kier alpha value is -0.440. The van der Waals surface area contributed by atoms with Gasteiger partial charge >= 0.3 is 6.16 Å². The molecule has 4 heteroatoms. The van der Waals surface area contributed by atoms with Crippen LogP contribution in [0.2, 0.25) is 0 Å². The van der Waals surface area contributed by atoms with E-state index in [1.54, 1.807) is 0 Å². The molecule has 0 amide bonds. The number of carbonyl (C=O) groups excluding carboxylic acids is 1. The van der Waals surface area contributed by atoms with Crippen molar-refractivity contribution in [3.05, 3.63) is 0 Å². The van der Waals surface area contributed by atoms with Gasteiger partial charge in [-0.05, 0) is 32.1 Å². The third kappa shape index (κ3) is 5.26. The van der Waals surface area contributed by atoms with E-state index in [0.29, 0.717) is 6.42 Å². The molecule has 15 heavy (non-hydrogen) atoms. The average Bonchev–Trinajstić information content (AvgIpc) is 2.46. The van der Waals surface area contributed by atoms with Crippen LogP contribution in [0.3, 0.4) is 0 Å². The van der Waals surface area contributed by atoms with Crippen molar-refractivity contribution in [1.82, 2.24) is 0 Å². The quantitative estimate of drug-likeness (QED) is 0.423. The highest BCUT2D eigenvalue weighted by atomic mass is 35.5. The van der Waals surface area contributed by atoms with Crippen molar-refractivity contribution < 1.29 is 14.3 Å². The number of rotatable bonds is 3. The molecule has 0 aromatic heterocycles. The molecule has 0 radical (unpaired) electrons. The van der Waals surface area contributed by atoms with E-state index in [1.807, 2.05) is 6.92 Å². The third-order valence-corrected chi connectivity index (χ3v) is 3.01. The predicted molar refractivity (Wildman–Crippen MR) is 59.0 cm³/mol. The van der Waals surface area contributed by atoms with Crippen LogP contribution in [-0.4, -0.2) is 17.8 Å². The van der Waals surface area contributed by atoms with E-state index in [0.717, 1.165) is 25.7 Å². The molecule has 1 fully saturated rings. The molecule has 1 saturated carbocycles. The van der Waals surface area contributed by atoms with Crippen LogP contribution < -0.4 is 0 Å². The maximum Gasteiger partial charge on any atom is 0.510 e. The Balaban J connectivity index is 2.23. The van der Waals surface area contributed by atoms with Gasteiger partial charge in [-0.3, -0.25) is 0 Å². The van der Waals surface area contributed by atoms with Crippen molar-refractivity contribution in [2.45, 2.75) is 63.5 Å². The molecule has 1 unspecified atom stereocenters. The summed E-state index contributed by atoms with van der Waals surface area (Å²) in [5, 5.41) is 0. The van der Waals surface area contributed by atoms with E-state index in [1.165, 1.54) is 12.8 Å². The number of alkyl halides is 1. The summed E-state index contributed by atoms with van der Waals surface area (Å²) < 4.78 is 10.0. The van der Waals surface area contributed by atoms with Gasteiger partial charge in [-0.1, -0.05) is 31.4 Å². The molecular weight excluding hydrogens is 216 g/mol. The van der Waals surface area contributed by atoms with Crippen molar-refractivity contribution in [1.29, 1.82) is 0 Å². The van der Waals surface area contributed by atoms with E-state index >= 15 is 0 Å². The molecule has 0 bridgehead atoms. The van der Waals surface area contributed by atoms with Crippen molar-refractivity contribution in [2.75, 3.05) is 0 Å². The molecule has 0 saturated heterocycles. The van der Waals surface area contributed by atoms with E-state index < -0.39 is 11.7 Å². The molecule has 0 aliphatic heterocycles. The fourth-order valence-electron chi connectivity index (χ4n) is 1.71. The van der Waals surface area contributed by atoms with Crippen LogP contribution in [0.1, 0.15) is 51.9 Å². The number of hydrogen-bond donors (Lipinski definition) is 0. The summed E-state index contributed by atoms with van der Waals surface area (Å²) in [6, 6.07) is 0. The summed E-state index contributed by atoms with van der Waals surface area (Å²) in [5.74, 6) is 0. The molecular formula is C11H19ClO3. The van der Waals surface area contributed by atoms with Crippen LogP contribution in [0.4, 0.5) is 4.79 Å². The minimum Gasteiger partial charge on any atom is -0.431 e. The smallest absolute Gasteiger partial charge is 0.431 e. The second-order valence-corrected chi connectivity index (χ2v) is 4.40. The van der Waals surface area contributed by atoms with Gasteiger partial charge < -0.3 is 9.47 Å². The summed E-state index contributed by atoms with van der Waals surface area (Å²) in [4.78, 5) is 11.3. The molecule has 1 aliphatic rings. The lowest BCUT2D eigenvalue weighted by atomic mass is 10.2. The lowest BCUT2D eigenvalue weighted by Gasteiger charge is -2.16. The van der Waals surface area contributed by atoms with Crippen LogP contribution in [0.5, 0.6) is 0 Å². The highest BCUT2D eigenvalue weighted by Gasteiger charge is 2.19. The Kier molecular flexibility index (Phi) is 5.84. The maximum atomic E-state index is 11.3. The zero-order valence-electron chi connectivity index (χ0n) is 9.21. The fourth-order valence-corrected chi connectivity index (χ4v) is 1.78. The zero-order chi connectivity index (χ0) is 11.1. The first-order valence-electron chi connectivity index (χ1n) is 5.73. The van der Waals surface area contributed by atoms with E-state index in [-0.39, 0.29) is 6.10 Å². The first-order valence-corrected chi connectivity index (χ1v) is 6.17. The standard InChI is InChI=1S/C11H19ClO3/c1-2-10(12)15-11(13)14-9-7-5-3-4-6-8-9/h9-10H,2-8H2,1H3. The molecule has 88 valence electrons. The summed E-state index contributed by atoms with van der Waals surface area (Å²) in [6.45, 7) is 1.86. The maximum absolute atomic E-state index is 11.3. The van der Waals surface area contributed by atoms with Crippen LogP contribution >= 0.6 is 11.6 Å². The number of carbonyl (C=O) groups is 1. The van der Waals surface area contributed by atoms with Crippen molar-refractivity contribution in [2.24, 2.45) is 0 Å². The van der Waals surface area contributed by atoms with E-state index in [9.17, 15) is 4.79 Å². The molecule has 0 spiro atoms. The Bertz CT molecular complexity index is 188. The van der Waals surface area contributed by atoms with Gasteiger partial charge in [-0.25, -0.2) is 4.79 Å². The van der Waals surface area contributed by atoms with Crippen molar-refractivity contribution in [3.63, 3.8) is 0 Å². The molecule has 1 aliphatic carbocycles. The normalized spacial score (nSPS) is 20.4. The summed E-state index contributed by atoms with van der Waals surface area (Å²) in [7, 11) is 0. The van der Waals surface area contributed by atoms with Gasteiger partial charge in [0.2, 0.25) is 0 Å². The second kappa shape index (κ2) is 6.94. The first kappa shape index (κ1) is 12.6. The second-order valence-electron chi connectivity index (χ2n) is 3.92. The van der Waals surface area contributed by atoms with Crippen LogP contribution in [0.25, 0.3) is 0 Å². The average molecular weight is 235 g/mol. The molecule has 1 rings (SSSR count). The summed E-state index contributed by atoms with van der Waals surface area (Å²) in [6.07, 6.45) is 6.66. The van der Waals surface area contributed by atoms with E-state index in [2.05, 4.69) is 0 Å². The van der Waals surface area contributed by atoms with Crippen LogP contribution in [0.15, 0.2) is 0 Å². The topological polar surface area (TPSA) is 35.5 Å². The molecule has 1 atom stereocenters. The van der Waals surface area contributed by atoms with Gasteiger partial charge in [-0.15, -0.1) is 0 Å². The van der Waals surface area contributed by atoms with Crippen LogP contribution in [-0.2, 0) is 9.47 Å². The predicted octanol–water partition coefficient (Wildman–Crippen LogP) is 3.84. The van der Waals surface area contributed by atoms with Gasteiger partial charge in [0.05, 0.1) is 0 Å². The molecule has 0 aromatic carbocycles. The van der Waals surface area contributed by atoms with Gasteiger partial charge in [0, 0.05) is 0 Å². The number of hydrogen-bond acceptors (Lipinski definition) is 3. The third-order valence-electron chi connectivity index (χ3n) is 2.61. The van der Waals surface area contributed by atoms with Gasteiger partial charge in [0.1, 0.15) is 6.10 Å². The van der Waals surface area contributed by atoms with Crippen molar-refractivity contribution in [3.8, 4) is 0 Å². The molecule has 0 heterocycles. The Morgan fingerprint density at radius 3 is 2.47 bits per heavy atom. The molecule has 0 N–H and O–H groups in total. The summed E-state index contributed by atoms with van der Waals surface area (Å²) in [5.41, 5.74) is -0.566. The monoisotopic (exact) mass is 234 g/mol. The lowest BCUT2D eigenvalue weighted by Crippen LogP contribution is -2.20. The number of halogens is 1. The minimum absolute atomic E-state index is 0.0284. The van der Waals surface area contributed by atoms with Gasteiger partial charge in [0.25, 0.3) is 0 Å². The van der Waals surface area contributed by atoms with Gasteiger partial charge in [-0.2, -0.15) is 0 Å². The molecule has 3 nitrogen and oxygen atoms in total. The van der Waals surface area contributed by atoms with Crippen molar-refractivity contribution >= 4 is 17.8 Å². The fraction of sp³-hybridized carbons (Fsp3) is 0.909. The minimum atomic E-state index is -0.622. The highest BCUT2D eigenvalue weighted by Crippen LogP contribution is 2.20. The first-order chi connectivity index (χ1) is 7.22. The van der Waals surface area contributed by atoms with E-state index in [4.69, 9.17) is 21.1 Å². The summed E-state index contributed by atoms with van der Waals surface area (Å²) >= 11 is 5.69. The number of ether oxygens (including phenoxy) is 2. The largest absolute Gasteiger partial charge is 0.510 e. The zero-order valence-corrected chi connectivity index (χ0v) is 9.96. The Labute approximate surface area is 96.1 Å². The Morgan fingerprint density at radius 1 is 1.33 bits per heavy atom.